The zero-order valence-electron chi connectivity index (χ0n) is 13.7. The molecule has 0 fully saturated rings. The van der Waals surface area contributed by atoms with Crippen molar-refractivity contribution >= 4 is 10.9 Å². The number of para-hydroxylation sites is 1. The number of nitrogens with two attached hydrogens (primary N) is 1. The van der Waals surface area contributed by atoms with Gasteiger partial charge in [-0.3, -0.25) is 9.36 Å². The maximum Gasteiger partial charge on any atom is 0.266 e. The van der Waals surface area contributed by atoms with Gasteiger partial charge >= 0.3 is 0 Å². The molecule has 118 valence electrons. The number of aromatic nitrogens is 2. The molecule has 0 spiro atoms. The van der Waals surface area contributed by atoms with Crippen molar-refractivity contribution in [1.82, 2.24) is 9.55 Å². The summed E-state index contributed by atoms with van der Waals surface area (Å²) < 4.78 is 1.65. The highest BCUT2D eigenvalue weighted by molar-refractivity contribution is 5.81. The standard InChI is InChI=1S/C19H21N3O/c1-12(2)17(20)18-21-15-11-7-8-13(3)16(15)19(23)22(18)14-9-5-4-6-10-14/h4-12,17H,20H2,1-3H3/t17-/m1/s1. The van der Waals surface area contributed by atoms with Gasteiger partial charge in [0.1, 0.15) is 5.82 Å². The van der Waals surface area contributed by atoms with Crippen molar-refractivity contribution in [3.8, 4) is 5.69 Å². The van der Waals surface area contributed by atoms with Gasteiger partial charge < -0.3 is 5.73 Å². The van der Waals surface area contributed by atoms with Crippen LogP contribution in [-0.2, 0) is 0 Å². The molecule has 1 heterocycles. The minimum Gasteiger partial charge on any atom is -0.321 e. The van der Waals surface area contributed by atoms with E-state index in [1.807, 2.05) is 69.3 Å². The van der Waals surface area contributed by atoms with E-state index in [-0.39, 0.29) is 17.5 Å². The van der Waals surface area contributed by atoms with Gasteiger partial charge in [-0.2, -0.15) is 0 Å². The highest BCUT2D eigenvalue weighted by Crippen LogP contribution is 2.22. The smallest absolute Gasteiger partial charge is 0.266 e. The van der Waals surface area contributed by atoms with Gasteiger partial charge in [-0.1, -0.05) is 44.2 Å². The molecular weight excluding hydrogens is 286 g/mol. The van der Waals surface area contributed by atoms with E-state index >= 15 is 0 Å². The average molecular weight is 307 g/mol. The summed E-state index contributed by atoms with van der Waals surface area (Å²) in [4.78, 5) is 17.9. The van der Waals surface area contributed by atoms with Gasteiger partial charge in [0.15, 0.2) is 0 Å². The van der Waals surface area contributed by atoms with Crippen molar-refractivity contribution in [2.75, 3.05) is 0 Å². The molecule has 0 unspecified atom stereocenters. The SMILES string of the molecule is Cc1cccc2nc([C@H](N)C(C)C)n(-c3ccccc3)c(=O)c12. The van der Waals surface area contributed by atoms with Gasteiger partial charge in [0, 0.05) is 0 Å². The van der Waals surface area contributed by atoms with E-state index in [4.69, 9.17) is 10.7 Å². The van der Waals surface area contributed by atoms with Crippen LogP contribution in [0.15, 0.2) is 53.3 Å². The second kappa shape index (κ2) is 5.97. The third kappa shape index (κ3) is 2.66. The second-order valence-electron chi connectivity index (χ2n) is 6.18. The van der Waals surface area contributed by atoms with Crippen molar-refractivity contribution in [3.05, 3.63) is 70.3 Å². The van der Waals surface area contributed by atoms with Crippen LogP contribution in [0.5, 0.6) is 0 Å². The largest absolute Gasteiger partial charge is 0.321 e. The van der Waals surface area contributed by atoms with Crippen molar-refractivity contribution in [3.63, 3.8) is 0 Å². The number of hydrogen-bond acceptors (Lipinski definition) is 3. The molecule has 2 N–H and O–H groups in total. The molecule has 3 rings (SSSR count). The Bertz CT molecular complexity index is 898. The molecule has 4 heteroatoms. The van der Waals surface area contributed by atoms with Crippen LogP contribution in [0.2, 0.25) is 0 Å². The zero-order chi connectivity index (χ0) is 16.6. The van der Waals surface area contributed by atoms with Gasteiger partial charge in [0.2, 0.25) is 0 Å². The first-order valence-corrected chi connectivity index (χ1v) is 7.84. The summed E-state index contributed by atoms with van der Waals surface area (Å²) in [6.45, 7) is 6.00. The van der Waals surface area contributed by atoms with Crippen LogP contribution in [0.1, 0.15) is 31.3 Å². The van der Waals surface area contributed by atoms with E-state index in [2.05, 4.69) is 0 Å². The molecular formula is C19H21N3O. The van der Waals surface area contributed by atoms with E-state index in [9.17, 15) is 4.79 Å². The van der Waals surface area contributed by atoms with Crippen molar-refractivity contribution in [2.45, 2.75) is 26.8 Å². The Balaban J connectivity index is 2.43. The maximum atomic E-state index is 13.2. The highest BCUT2D eigenvalue weighted by Gasteiger charge is 2.21. The van der Waals surface area contributed by atoms with Crippen LogP contribution in [0.25, 0.3) is 16.6 Å². The summed E-state index contributed by atoms with van der Waals surface area (Å²) in [5.41, 5.74) is 8.71. The van der Waals surface area contributed by atoms with Crippen molar-refractivity contribution in [1.29, 1.82) is 0 Å². The third-order valence-corrected chi connectivity index (χ3v) is 4.16. The van der Waals surface area contributed by atoms with Crippen molar-refractivity contribution < 1.29 is 0 Å². The normalized spacial score (nSPS) is 12.7. The van der Waals surface area contributed by atoms with Crippen LogP contribution in [-0.4, -0.2) is 9.55 Å². The van der Waals surface area contributed by atoms with Crippen LogP contribution >= 0.6 is 0 Å². The predicted octanol–water partition coefficient (Wildman–Crippen LogP) is 3.35. The molecule has 0 aliphatic carbocycles. The topological polar surface area (TPSA) is 60.9 Å². The third-order valence-electron chi connectivity index (χ3n) is 4.16. The highest BCUT2D eigenvalue weighted by atomic mass is 16.1. The summed E-state index contributed by atoms with van der Waals surface area (Å²) in [7, 11) is 0. The molecule has 0 aliphatic rings. The minimum atomic E-state index is -0.312. The number of benzene rings is 2. The van der Waals surface area contributed by atoms with Gasteiger partial charge in [0.25, 0.3) is 5.56 Å². The van der Waals surface area contributed by atoms with Crippen LogP contribution < -0.4 is 11.3 Å². The van der Waals surface area contributed by atoms with Crippen LogP contribution in [0, 0.1) is 12.8 Å². The molecule has 23 heavy (non-hydrogen) atoms. The lowest BCUT2D eigenvalue weighted by molar-refractivity contribution is 0.480. The molecule has 0 saturated carbocycles. The fourth-order valence-electron chi connectivity index (χ4n) is 2.76. The first-order chi connectivity index (χ1) is 11.0. The molecule has 3 aromatic rings. The second-order valence-corrected chi connectivity index (χ2v) is 6.18. The van der Waals surface area contributed by atoms with Gasteiger partial charge in [-0.25, -0.2) is 4.98 Å². The van der Waals surface area contributed by atoms with Crippen LogP contribution in [0.4, 0.5) is 0 Å². The van der Waals surface area contributed by atoms with E-state index in [0.29, 0.717) is 16.7 Å². The van der Waals surface area contributed by atoms with Gasteiger partial charge in [0.05, 0.1) is 22.6 Å². The summed E-state index contributed by atoms with van der Waals surface area (Å²) in [5.74, 6) is 0.786. The number of nitrogens with zero attached hydrogens (tertiary/aromatic N) is 2. The zero-order valence-corrected chi connectivity index (χ0v) is 13.7. The molecule has 0 bridgehead atoms. The molecule has 1 aromatic heterocycles. The minimum absolute atomic E-state index is 0.0644. The fraction of sp³-hybridized carbons (Fsp3) is 0.263. The first kappa shape index (κ1) is 15.4. The predicted molar refractivity (Wildman–Crippen MR) is 93.8 cm³/mol. The Morgan fingerprint density at radius 1 is 1.04 bits per heavy atom. The maximum absolute atomic E-state index is 13.2. The lowest BCUT2D eigenvalue weighted by atomic mass is 10.0. The Hall–Kier alpha value is -2.46. The van der Waals surface area contributed by atoms with Crippen LogP contribution in [0.3, 0.4) is 0 Å². The monoisotopic (exact) mass is 307 g/mol. The fourth-order valence-corrected chi connectivity index (χ4v) is 2.76. The number of fused-ring (bicyclic) bond motifs is 1. The summed E-state index contributed by atoms with van der Waals surface area (Å²) in [6.07, 6.45) is 0. The number of rotatable bonds is 3. The van der Waals surface area contributed by atoms with Crippen molar-refractivity contribution in [2.24, 2.45) is 11.7 Å². The summed E-state index contributed by atoms with van der Waals surface area (Å²) in [6, 6.07) is 15.0. The molecule has 0 aliphatic heterocycles. The first-order valence-electron chi connectivity index (χ1n) is 7.84. The lowest BCUT2D eigenvalue weighted by Crippen LogP contribution is -2.31. The van der Waals surface area contributed by atoms with E-state index in [1.54, 1.807) is 4.57 Å². The van der Waals surface area contributed by atoms with E-state index in [1.165, 1.54) is 0 Å². The number of hydrogen-bond donors (Lipinski definition) is 1. The summed E-state index contributed by atoms with van der Waals surface area (Å²) >= 11 is 0. The summed E-state index contributed by atoms with van der Waals surface area (Å²) in [5, 5.41) is 0.649. The number of aryl methyl sites for hydroxylation is 1. The molecule has 4 nitrogen and oxygen atoms in total. The molecule has 0 radical (unpaired) electrons. The molecule has 2 aromatic carbocycles. The molecule has 0 saturated heterocycles. The molecule has 1 atom stereocenters. The Labute approximate surface area is 135 Å². The van der Waals surface area contributed by atoms with E-state index < -0.39 is 0 Å². The molecule has 0 amide bonds. The lowest BCUT2D eigenvalue weighted by Gasteiger charge is -2.21. The Morgan fingerprint density at radius 2 is 1.74 bits per heavy atom. The van der Waals surface area contributed by atoms with E-state index in [0.717, 1.165) is 11.3 Å². The van der Waals surface area contributed by atoms with Gasteiger partial charge in [-0.05, 0) is 36.6 Å². The Kier molecular flexibility index (Phi) is 4.01. The van der Waals surface area contributed by atoms with Gasteiger partial charge in [-0.15, -0.1) is 0 Å². The quantitative estimate of drug-likeness (QED) is 0.807. The average Bonchev–Trinajstić information content (AvgIpc) is 2.54. The Morgan fingerprint density at radius 3 is 2.39 bits per heavy atom.